The van der Waals surface area contributed by atoms with E-state index in [-0.39, 0.29) is 21.4 Å². The normalized spacial score (nSPS) is 11.2. The number of hydrogen-bond acceptors (Lipinski definition) is 4. The molecule has 0 fully saturated rings. The van der Waals surface area contributed by atoms with Gasteiger partial charge >= 0.3 is 0 Å². The number of hydrogen-bond donors (Lipinski definition) is 2. The Morgan fingerprint density at radius 2 is 1.76 bits per heavy atom. The molecule has 25 heavy (non-hydrogen) atoms. The molecule has 0 saturated carbocycles. The molecule has 0 aliphatic rings. The molecule has 8 heteroatoms. The maximum Gasteiger partial charge on any atom is 0.251 e. The van der Waals surface area contributed by atoms with Gasteiger partial charge in [0.05, 0.1) is 5.02 Å². The molecule has 0 radical (unpaired) electrons. The van der Waals surface area contributed by atoms with Crippen LogP contribution in [0.3, 0.4) is 0 Å². The lowest BCUT2D eigenvalue weighted by Gasteiger charge is -2.13. The average Bonchev–Trinajstić information content (AvgIpc) is 2.60. The Kier molecular flexibility index (Phi) is 6.05. The van der Waals surface area contributed by atoms with Crippen molar-refractivity contribution in [3.05, 3.63) is 58.6 Å². The van der Waals surface area contributed by atoms with Crippen LogP contribution < -0.4 is 14.9 Å². The molecular formula is C17H20ClN3O3S. The summed E-state index contributed by atoms with van der Waals surface area (Å²) in [6.07, 6.45) is 0. The van der Waals surface area contributed by atoms with Gasteiger partial charge in [-0.25, -0.2) is 13.1 Å². The summed E-state index contributed by atoms with van der Waals surface area (Å²) in [4.78, 5) is 14.2. The molecular weight excluding hydrogens is 362 g/mol. The minimum atomic E-state index is -3.73. The van der Waals surface area contributed by atoms with Crippen molar-refractivity contribution in [2.24, 2.45) is 0 Å². The zero-order valence-electron chi connectivity index (χ0n) is 14.2. The number of halogens is 1. The molecule has 2 N–H and O–H groups in total. The van der Waals surface area contributed by atoms with Crippen LogP contribution in [0.1, 0.15) is 15.9 Å². The quantitative estimate of drug-likeness (QED) is 0.804. The van der Waals surface area contributed by atoms with Gasteiger partial charge in [0.15, 0.2) is 0 Å². The molecule has 0 heterocycles. The SMILES string of the molecule is CNS(=O)(=O)c1cc(C(=O)NCc2ccc(N(C)C)cc2)ccc1Cl. The maximum atomic E-state index is 12.3. The van der Waals surface area contributed by atoms with E-state index < -0.39 is 10.0 Å². The molecule has 0 atom stereocenters. The van der Waals surface area contributed by atoms with Gasteiger partial charge in [-0.1, -0.05) is 23.7 Å². The van der Waals surface area contributed by atoms with Gasteiger partial charge in [-0.15, -0.1) is 0 Å². The van der Waals surface area contributed by atoms with Crippen LogP contribution in [0.15, 0.2) is 47.4 Å². The first-order valence-electron chi connectivity index (χ1n) is 7.52. The van der Waals surface area contributed by atoms with Crippen molar-refractivity contribution >= 4 is 33.2 Å². The number of amides is 1. The summed E-state index contributed by atoms with van der Waals surface area (Å²) in [5, 5.41) is 2.83. The molecule has 2 aromatic rings. The number of carbonyl (C=O) groups excluding carboxylic acids is 1. The first kappa shape index (κ1) is 19.2. The Hall–Kier alpha value is -2.09. The van der Waals surface area contributed by atoms with Gasteiger partial charge in [0, 0.05) is 31.9 Å². The minimum absolute atomic E-state index is 0.0603. The van der Waals surface area contributed by atoms with Gasteiger partial charge in [0.25, 0.3) is 5.91 Å². The van der Waals surface area contributed by atoms with Crippen molar-refractivity contribution in [2.75, 3.05) is 26.0 Å². The highest BCUT2D eigenvalue weighted by atomic mass is 35.5. The Balaban J connectivity index is 2.12. The topological polar surface area (TPSA) is 78.5 Å². The predicted molar refractivity (Wildman–Crippen MR) is 99.6 cm³/mol. The molecule has 0 saturated heterocycles. The maximum absolute atomic E-state index is 12.3. The van der Waals surface area contributed by atoms with Gasteiger partial charge in [-0.3, -0.25) is 4.79 Å². The fourth-order valence-corrected chi connectivity index (χ4v) is 3.41. The number of sulfonamides is 1. The lowest BCUT2D eigenvalue weighted by Crippen LogP contribution is -2.24. The second kappa shape index (κ2) is 7.86. The molecule has 2 rings (SSSR count). The van der Waals surface area contributed by atoms with Crippen LogP contribution in [0.2, 0.25) is 5.02 Å². The largest absolute Gasteiger partial charge is 0.378 e. The van der Waals surface area contributed by atoms with E-state index in [2.05, 4.69) is 10.0 Å². The monoisotopic (exact) mass is 381 g/mol. The van der Waals surface area contributed by atoms with E-state index >= 15 is 0 Å². The van der Waals surface area contributed by atoms with Crippen molar-refractivity contribution in [1.29, 1.82) is 0 Å². The second-order valence-corrected chi connectivity index (χ2v) is 7.86. The highest BCUT2D eigenvalue weighted by molar-refractivity contribution is 7.89. The second-order valence-electron chi connectivity index (χ2n) is 5.60. The number of nitrogens with zero attached hydrogens (tertiary/aromatic N) is 1. The third-order valence-electron chi connectivity index (χ3n) is 3.66. The molecule has 0 unspecified atom stereocenters. The third kappa shape index (κ3) is 4.72. The summed E-state index contributed by atoms with van der Waals surface area (Å²) >= 11 is 5.92. The summed E-state index contributed by atoms with van der Waals surface area (Å²) in [6.45, 7) is 0.337. The van der Waals surface area contributed by atoms with Crippen LogP contribution in [0.5, 0.6) is 0 Å². The number of carbonyl (C=O) groups is 1. The molecule has 0 aliphatic heterocycles. The molecule has 6 nitrogen and oxygen atoms in total. The van der Waals surface area contributed by atoms with Crippen LogP contribution in [0.4, 0.5) is 5.69 Å². The number of rotatable bonds is 6. The fraction of sp³-hybridized carbons (Fsp3) is 0.235. The average molecular weight is 382 g/mol. The van der Waals surface area contributed by atoms with Crippen molar-refractivity contribution < 1.29 is 13.2 Å². The summed E-state index contributed by atoms with van der Waals surface area (Å²) in [5.41, 5.74) is 2.23. The Morgan fingerprint density at radius 1 is 1.12 bits per heavy atom. The highest BCUT2D eigenvalue weighted by Gasteiger charge is 2.18. The highest BCUT2D eigenvalue weighted by Crippen LogP contribution is 2.22. The van der Waals surface area contributed by atoms with E-state index in [1.54, 1.807) is 0 Å². The molecule has 0 spiro atoms. The molecule has 0 bridgehead atoms. The van der Waals surface area contributed by atoms with E-state index in [0.717, 1.165) is 11.3 Å². The van der Waals surface area contributed by atoms with Crippen LogP contribution in [-0.4, -0.2) is 35.5 Å². The molecule has 1 amide bonds. The first-order chi connectivity index (χ1) is 11.7. The van der Waals surface area contributed by atoms with Crippen LogP contribution in [0, 0.1) is 0 Å². The Bertz CT molecular complexity index is 865. The van der Waals surface area contributed by atoms with Crippen molar-refractivity contribution in [2.45, 2.75) is 11.4 Å². The number of anilines is 1. The van der Waals surface area contributed by atoms with Crippen LogP contribution in [-0.2, 0) is 16.6 Å². The van der Waals surface area contributed by atoms with E-state index in [1.165, 1.54) is 25.2 Å². The fourth-order valence-electron chi connectivity index (χ4n) is 2.16. The van der Waals surface area contributed by atoms with Gasteiger partial charge in [0.1, 0.15) is 4.90 Å². The lowest BCUT2D eigenvalue weighted by atomic mass is 10.1. The van der Waals surface area contributed by atoms with Crippen LogP contribution in [0.25, 0.3) is 0 Å². The number of nitrogens with one attached hydrogen (secondary N) is 2. The van der Waals surface area contributed by atoms with Gasteiger partial charge in [-0.05, 0) is 42.9 Å². The molecule has 134 valence electrons. The van der Waals surface area contributed by atoms with Gasteiger partial charge in [0.2, 0.25) is 10.0 Å². The number of benzene rings is 2. The summed E-state index contributed by atoms with van der Waals surface area (Å²) in [7, 11) is 1.46. The van der Waals surface area contributed by atoms with E-state index in [0.29, 0.717) is 6.54 Å². The zero-order chi connectivity index (χ0) is 18.6. The van der Waals surface area contributed by atoms with Crippen molar-refractivity contribution in [1.82, 2.24) is 10.0 Å². The Morgan fingerprint density at radius 3 is 2.32 bits per heavy atom. The van der Waals surface area contributed by atoms with E-state index in [1.807, 2.05) is 43.3 Å². The zero-order valence-corrected chi connectivity index (χ0v) is 15.8. The van der Waals surface area contributed by atoms with Crippen molar-refractivity contribution in [3.63, 3.8) is 0 Å². The van der Waals surface area contributed by atoms with Gasteiger partial charge < -0.3 is 10.2 Å². The lowest BCUT2D eigenvalue weighted by molar-refractivity contribution is 0.0950. The van der Waals surface area contributed by atoms with E-state index in [4.69, 9.17) is 11.6 Å². The summed E-state index contributed by atoms with van der Waals surface area (Å²) < 4.78 is 26.1. The minimum Gasteiger partial charge on any atom is -0.378 e. The molecule has 0 aliphatic carbocycles. The van der Waals surface area contributed by atoms with Gasteiger partial charge in [-0.2, -0.15) is 0 Å². The predicted octanol–water partition coefficient (Wildman–Crippen LogP) is 2.24. The smallest absolute Gasteiger partial charge is 0.251 e. The van der Waals surface area contributed by atoms with E-state index in [9.17, 15) is 13.2 Å². The summed E-state index contributed by atoms with van der Waals surface area (Å²) in [6, 6.07) is 11.9. The van der Waals surface area contributed by atoms with Crippen molar-refractivity contribution in [3.8, 4) is 0 Å². The first-order valence-corrected chi connectivity index (χ1v) is 9.38. The Labute approximate surface area is 152 Å². The standard InChI is InChI=1S/C17H20ClN3O3S/c1-19-25(23,24)16-10-13(6-9-15(16)18)17(22)20-11-12-4-7-14(8-5-12)21(2)3/h4-10,19H,11H2,1-3H3,(H,20,22). The third-order valence-corrected chi connectivity index (χ3v) is 5.55. The van der Waals surface area contributed by atoms with Crippen LogP contribution >= 0.6 is 11.6 Å². The molecule has 0 aromatic heterocycles. The summed E-state index contributed by atoms with van der Waals surface area (Å²) in [5.74, 6) is -0.374. The molecule has 2 aromatic carbocycles.